The predicted molar refractivity (Wildman–Crippen MR) is 78.0 cm³/mol. The van der Waals surface area contributed by atoms with E-state index in [1.165, 1.54) is 0 Å². The van der Waals surface area contributed by atoms with Gasteiger partial charge in [-0.25, -0.2) is 0 Å². The summed E-state index contributed by atoms with van der Waals surface area (Å²) in [7, 11) is 0. The van der Waals surface area contributed by atoms with Crippen molar-refractivity contribution in [1.29, 1.82) is 0 Å². The molecule has 0 saturated heterocycles. The predicted octanol–water partition coefficient (Wildman–Crippen LogP) is 2.39. The summed E-state index contributed by atoms with van der Waals surface area (Å²) in [6, 6.07) is 0. The van der Waals surface area contributed by atoms with Crippen LogP contribution in [0.3, 0.4) is 0 Å². The summed E-state index contributed by atoms with van der Waals surface area (Å²) in [5.74, 6) is -0.479. The molecule has 15 heavy (non-hydrogen) atoms. The fraction of sp³-hybridized carbons (Fsp3) is 0.429. The summed E-state index contributed by atoms with van der Waals surface area (Å²) in [4.78, 5) is 21.9. The second-order valence-electron chi connectivity index (χ2n) is 2.41. The number of hydrogen-bond donors (Lipinski definition) is 1. The topological polar surface area (TPSA) is 64.6 Å². The van der Waals surface area contributed by atoms with Crippen LogP contribution in [0, 0.1) is 0 Å². The molecule has 0 aromatic carbocycles. The van der Waals surface area contributed by atoms with E-state index in [1.807, 2.05) is 0 Å². The molecule has 0 radical (unpaired) electrons. The van der Waals surface area contributed by atoms with E-state index < -0.39 is 27.6 Å². The number of hydrogen-bond acceptors (Lipinski definition) is 4. The Hall–Kier alpha value is 0.370. The molecule has 1 unspecified atom stereocenters. The molecule has 0 saturated carbocycles. The average Bonchev–Trinajstić information content (AvgIpc) is 2.10. The number of esters is 1. The van der Waals surface area contributed by atoms with Gasteiger partial charge < -0.3 is 0 Å². The second-order valence-corrected chi connectivity index (χ2v) is 19.2. The van der Waals surface area contributed by atoms with Crippen LogP contribution in [0.1, 0.15) is 6.92 Å². The molecule has 1 N–H and O–H groups in total. The molecule has 8 heteroatoms. The molecule has 0 bridgehead atoms. The van der Waals surface area contributed by atoms with Gasteiger partial charge in [-0.3, -0.25) is 0 Å². The molecule has 0 aliphatic heterocycles. The molecular formula is C7H12I2NO4P. The van der Waals surface area contributed by atoms with Gasteiger partial charge in [0, 0.05) is 0 Å². The van der Waals surface area contributed by atoms with Crippen LogP contribution in [0.15, 0.2) is 12.2 Å². The van der Waals surface area contributed by atoms with Gasteiger partial charge in [0.05, 0.1) is 0 Å². The fourth-order valence-corrected chi connectivity index (χ4v) is 2.78. The van der Waals surface area contributed by atoms with Crippen LogP contribution < -0.4 is 3.53 Å². The zero-order valence-corrected chi connectivity index (χ0v) is 13.6. The van der Waals surface area contributed by atoms with Crippen LogP contribution in [-0.4, -0.2) is 25.3 Å². The zero-order chi connectivity index (χ0) is 11.8. The normalized spacial score (nSPS) is 10.2. The van der Waals surface area contributed by atoms with E-state index >= 15 is 0 Å². The Kier molecular flexibility index (Phi) is 8.72. The van der Waals surface area contributed by atoms with E-state index in [1.54, 1.807) is 6.92 Å². The van der Waals surface area contributed by atoms with Crippen molar-refractivity contribution >= 4 is 53.1 Å². The van der Waals surface area contributed by atoms with Crippen LogP contribution in [0.5, 0.6) is 0 Å². The van der Waals surface area contributed by atoms with Crippen molar-refractivity contribution in [2.45, 2.75) is 6.92 Å². The minimum absolute atomic E-state index is 0.0471. The summed E-state index contributed by atoms with van der Waals surface area (Å²) < 4.78 is 12.1. The first-order valence-electron chi connectivity index (χ1n) is 3.80. The Bertz CT molecular complexity index is 259. The van der Waals surface area contributed by atoms with Crippen molar-refractivity contribution in [1.82, 2.24) is 3.53 Å². The van der Waals surface area contributed by atoms with Gasteiger partial charge in [-0.2, -0.15) is 0 Å². The van der Waals surface area contributed by atoms with Crippen LogP contribution in [0.25, 0.3) is 0 Å². The van der Waals surface area contributed by atoms with Gasteiger partial charge in [-0.1, -0.05) is 0 Å². The van der Waals surface area contributed by atoms with E-state index in [2.05, 4.69) is 35.6 Å². The summed E-state index contributed by atoms with van der Waals surface area (Å²) in [6.07, 6.45) is -0.476. The van der Waals surface area contributed by atoms with Gasteiger partial charge in [-0.05, 0) is 0 Å². The summed E-state index contributed by atoms with van der Waals surface area (Å²) in [6.45, 7) is 7.61. The molecule has 88 valence electrons. The number of carbonyl (C=O) groups excluding carboxylic acids is 2. The first-order chi connectivity index (χ1) is 6.93. The maximum absolute atomic E-state index is 11.0. The number of nitrogens with one attached hydrogen (secondary N) is 1. The van der Waals surface area contributed by atoms with Crippen molar-refractivity contribution in [3.05, 3.63) is 12.2 Å². The van der Waals surface area contributed by atoms with Crippen molar-refractivity contribution in [3.8, 4) is 0 Å². The number of carbonyl (C=O) groups is 2. The molecular weight excluding hydrogens is 447 g/mol. The van der Waals surface area contributed by atoms with Crippen LogP contribution in [0.4, 0.5) is 4.79 Å². The van der Waals surface area contributed by atoms with Gasteiger partial charge in [0.2, 0.25) is 0 Å². The molecule has 0 aromatic rings. The molecule has 0 aromatic heterocycles. The van der Waals surface area contributed by atoms with Crippen molar-refractivity contribution in [2.75, 3.05) is 13.2 Å². The van der Waals surface area contributed by atoms with Gasteiger partial charge in [0.15, 0.2) is 0 Å². The zero-order valence-electron chi connectivity index (χ0n) is 8.09. The van der Waals surface area contributed by atoms with Gasteiger partial charge >= 0.3 is 108 Å². The first kappa shape index (κ1) is 15.4. The molecule has 0 rings (SSSR count). The van der Waals surface area contributed by atoms with Crippen LogP contribution in [0.2, 0.25) is 0 Å². The van der Waals surface area contributed by atoms with E-state index in [-0.39, 0.29) is 13.2 Å². The third kappa shape index (κ3) is 9.31. The standard InChI is InChI=1S/C7H12I2NO4P/c1-5(2)6(11)13-3-4-14-7(12)10-9(8)15/h1,3-4,15H2,2H3,(H,10,12). The van der Waals surface area contributed by atoms with Gasteiger partial charge in [0.25, 0.3) is 0 Å². The molecule has 0 fully saturated rings. The van der Waals surface area contributed by atoms with E-state index in [4.69, 9.17) is 9.47 Å². The summed E-state index contributed by atoms with van der Waals surface area (Å²) >= 11 is 0.721. The summed E-state index contributed by atoms with van der Waals surface area (Å²) in [5.41, 5.74) is 0.324. The minimum atomic E-state index is -1.43. The Balaban J connectivity index is 3.50. The van der Waals surface area contributed by atoms with Crippen LogP contribution in [-0.2, 0) is 14.3 Å². The Morgan fingerprint density at radius 3 is 2.47 bits per heavy atom. The first-order valence-corrected chi connectivity index (χ1v) is 15.3. The third-order valence-corrected chi connectivity index (χ3v) is 4.12. The van der Waals surface area contributed by atoms with E-state index in [9.17, 15) is 9.59 Å². The van der Waals surface area contributed by atoms with Crippen molar-refractivity contribution in [3.63, 3.8) is 0 Å². The molecule has 0 heterocycles. The SMILES string of the molecule is C=C(C)C(=O)OCCOC(=O)NI(P)I. The van der Waals surface area contributed by atoms with Gasteiger partial charge in [0.1, 0.15) is 0 Å². The van der Waals surface area contributed by atoms with Crippen molar-refractivity contribution in [2.24, 2.45) is 0 Å². The Morgan fingerprint density at radius 2 is 2.00 bits per heavy atom. The number of ether oxygens (including phenoxy) is 2. The average molecular weight is 459 g/mol. The molecule has 5 nitrogen and oxygen atoms in total. The van der Waals surface area contributed by atoms with Crippen molar-refractivity contribution < 1.29 is 19.1 Å². The Morgan fingerprint density at radius 1 is 1.47 bits per heavy atom. The monoisotopic (exact) mass is 459 g/mol. The van der Waals surface area contributed by atoms with Crippen LogP contribution >= 0.6 is 41.1 Å². The fourth-order valence-electron chi connectivity index (χ4n) is 0.493. The number of halogens is 2. The van der Waals surface area contributed by atoms with E-state index in [0.29, 0.717) is 5.57 Å². The third-order valence-electron chi connectivity index (χ3n) is 1.07. The molecule has 0 aliphatic rings. The molecule has 1 amide bonds. The van der Waals surface area contributed by atoms with Gasteiger partial charge in [-0.15, -0.1) is 0 Å². The Labute approximate surface area is 107 Å². The molecule has 1 atom stereocenters. The number of rotatable bonds is 5. The quantitative estimate of drug-likeness (QED) is 0.172. The maximum atomic E-state index is 11.0. The second kappa shape index (κ2) is 8.51. The molecule has 0 aliphatic carbocycles. The molecule has 0 spiro atoms. The summed E-state index contributed by atoms with van der Waals surface area (Å²) in [5, 5.41) is 0. The van der Waals surface area contributed by atoms with E-state index in [0.717, 1.165) is 0 Å². The number of amides is 1.